The summed E-state index contributed by atoms with van der Waals surface area (Å²) >= 11 is 0. The van der Waals surface area contributed by atoms with E-state index in [0.29, 0.717) is 0 Å². The Hall–Kier alpha value is -2.12. The van der Waals surface area contributed by atoms with Gasteiger partial charge in [-0.3, -0.25) is 0 Å². The summed E-state index contributed by atoms with van der Waals surface area (Å²) in [6, 6.07) is 17.0. The average Bonchev–Trinajstić information content (AvgIpc) is 2.57. The third kappa shape index (κ3) is 2.66. The van der Waals surface area contributed by atoms with E-state index in [1.165, 1.54) is 22.3 Å². The van der Waals surface area contributed by atoms with E-state index in [1.807, 2.05) is 0 Å². The Morgan fingerprint density at radius 3 is 1.70 bits per heavy atom. The van der Waals surface area contributed by atoms with Crippen molar-refractivity contribution in [1.29, 1.82) is 0 Å². The van der Waals surface area contributed by atoms with E-state index in [4.69, 9.17) is 5.73 Å². The highest BCUT2D eigenvalue weighted by Gasteiger charge is 2.33. The molecule has 0 aliphatic heterocycles. The summed E-state index contributed by atoms with van der Waals surface area (Å²) in [6.45, 7) is 6.53. The molecule has 1 nitrogen and oxygen atoms in total. The molecule has 1 aliphatic rings. The van der Waals surface area contributed by atoms with Crippen molar-refractivity contribution in [2.45, 2.75) is 38.1 Å². The van der Waals surface area contributed by atoms with E-state index in [-0.39, 0.29) is 5.41 Å². The van der Waals surface area contributed by atoms with Crippen molar-refractivity contribution in [2.24, 2.45) is 5.73 Å². The minimum Gasteiger partial charge on any atom is -0.315 e. The van der Waals surface area contributed by atoms with Crippen molar-refractivity contribution in [1.82, 2.24) is 0 Å². The fourth-order valence-corrected chi connectivity index (χ4v) is 3.62. The molecule has 0 spiro atoms. The highest BCUT2D eigenvalue weighted by molar-refractivity contribution is 5.50. The third-order valence-corrected chi connectivity index (χ3v) is 5.16. The molecule has 0 bridgehead atoms. The minimum atomic E-state index is -0.521. The van der Waals surface area contributed by atoms with Gasteiger partial charge in [0.1, 0.15) is 0 Å². The lowest BCUT2D eigenvalue weighted by Gasteiger charge is -2.36. The van der Waals surface area contributed by atoms with Gasteiger partial charge in [0.2, 0.25) is 0 Å². The van der Waals surface area contributed by atoms with Gasteiger partial charge in [-0.15, -0.1) is 0 Å². The van der Waals surface area contributed by atoms with Crippen LogP contribution in [0.1, 0.15) is 35.6 Å². The van der Waals surface area contributed by atoms with Crippen LogP contribution in [0.15, 0.2) is 72.8 Å². The number of aryl methyl sites for hydroxylation is 2. The molecule has 2 aromatic carbocycles. The number of benzene rings is 2. The molecule has 23 heavy (non-hydrogen) atoms. The first-order valence-corrected chi connectivity index (χ1v) is 8.33. The number of allylic oxidation sites excluding steroid dienone is 2. The summed E-state index contributed by atoms with van der Waals surface area (Å²) in [4.78, 5) is 0. The molecule has 0 amide bonds. The van der Waals surface area contributed by atoms with E-state index < -0.39 is 5.54 Å². The van der Waals surface area contributed by atoms with Crippen molar-refractivity contribution >= 4 is 0 Å². The Morgan fingerprint density at radius 2 is 1.22 bits per heavy atom. The van der Waals surface area contributed by atoms with E-state index in [0.717, 1.165) is 6.42 Å². The van der Waals surface area contributed by atoms with E-state index in [9.17, 15) is 0 Å². The Labute approximate surface area is 139 Å². The van der Waals surface area contributed by atoms with E-state index in [2.05, 4.69) is 93.6 Å². The van der Waals surface area contributed by atoms with Crippen LogP contribution in [-0.2, 0) is 11.0 Å². The summed E-state index contributed by atoms with van der Waals surface area (Å²) < 4.78 is 0. The van der Waals surface area contributed by atoms with Crippen LogP contribution in [0.3, 0.4) is 0 Å². The standard InChI is InChI=1S/C22H25N/c1-4-21(19-11-7-5-9-17(19)2)13-15-22(23,16-14-21)20-12-8-6-10-18(20)3/h5-16H,4,23H2,1-3H3. The first-order chi connectivity index (χ1) is 11.0. The molecule has 3 rings (SSSR count). The number of nitrogens with two attached hydrogens (primary N) is 1. The van der Waals surface area contributed by atoms with Gasteiger partial charge in [-0.1, -0.05) is 79.8 Å². The van der Waals surface area contributed by atoms with Crippen LogP contribution in [0.5, 0.6) is 0 Å². The van der Waals surface area contributed by atoms with Crippen molar-refractivity contribution in [2.75, 3.05) is 0 Å². The first-order valence-electron chi connectivity index (χ1n) is 8.33. The molecule has 0 saturated heterocycles. The number of rotatable bonds is 3. The van der Waals surface area contributed by atoms with Gasteiger partial charge in [-0.2, -0.15) is 0 Å². The summed E-state index contributed by atoms with van der Waals surface area (Å²) in [6.07, 6.45) is 9.95. The van der Waals surface area contributed by atoms with Crippen molar-refractivity contribution in [3.8, 4) is 0 Å². The second kappa shape index (κ2) is 5.82. The van der Waals surface area contributed by atoms with Gasteiger partial charge in [-0.05, 0) is 42.5 Å². The second-order valence-corrected chi connectivity index (χ2v) is 6.62. The molecule has 0 aromatic heterocycles. The van der Waals surface area contributed by atoms with Crippen molar-refractivity contribution in [3.63, 3.8) is 0 Å². The fraction of sp³-hybridized carbons (Fsp3) is 0.273. The van der Waals surface area contributed by atoms with Crippen LogP contribution in [0.25, 0.3) is 0 Å². The van der Waals surface area contributed by atoms with Gasteiger partial charge >= 0.3 is 0 Å². The summed E-state index contributed by atoms with van der Waals surface area (Å²) in [5.41, 5.74) is 11.2. The number of hydrogen-bond donors (Lipinski definition) is 1. The van der Waals surface area contributed by atoms with Crippen molar-refractivity contribution in [3.05, 3.63) is 95.1 Å². The summed E-state index contributed by atoms with van der Waals surface area (Å²) in [5, 5.41) is 0. The minimum absolute atomic E-state index is 0.0586. The highest BCUT2D eigenvalue weighted by Crippen LogP contribution is 2.40. The molecule has 2 N–H and O–H groups in total. The Bertz CT molecular complexity index is 753. The smallest absolute Gasteiger partial charge is 0.0785 e. The molecule has 2 aromatic rings. The van der Waals surface area contributed by atoms with Gasteiger partial charge in [0.15, 0.2) is 0 Å². The largest absolute Gasteiger partial charge is 0.315 e. The van der Waals surface area contributed by atoms with Crippen LogP contribution >= 0.6 is 0 Å². The normalized spacial score (nSPS) is 26.4. The van der Waals surface area contributed by atoms with E-state index >= 15 is 0 Å². The predicted octanol–water partition coefficient (Wildman–Crippen LogP) is 4.93. The third-order valence-electron chi connectivity index (χ3n) is 5.16. The zero-order valence-electron chi connectivity index (χ0n) is 14.2. The Morgan fingerprint density at radius 1 is 0.739 bits per heavy atom. The first kappa shape index (κ1) is 15.8. The Kier molecular flexibility index (Phi) is 3.99. The molecule has 118 valence electrons. The van der Waals surface area contributed by atoms with Crippen LogP contribution < -0.4 is 5.73 Å². The fourth-order valence-electron chi connectivity index (χ4n) is 3.62. The number of hydrogen-bond acceptors (Lipinski definition) is 1. The molecule has 0 atom stereocenters. The van der Waals surface area contributed by atoms with E-state index in [1.54, 1.807) is 0 Å². The van der Waals surface area contributed by atoms with Crippen LogP contribution in [0.4, 0.5) is 0 Å². The SMILES string of the molecule is CCC1(c2ccccc2C)C=CC(N)(c2ccccc2C)C=C1. The van der Waals surface area contributed by atoms with Crippen LogP contribution in [-0.4, -0.2) is 0 Å². The molecule has 0 heterocycles. The zero-order chi connectivity index (χ0) is 16.5. The van der Waals surface area contributed by atoms with Gasteiger partial charge in [0.25, 0.3) is 0 Å². The topological polar surface area (TPSA) is 26.0 Å². The Balaban J connectivity index is 2.04. The van der Waals surface area contributed by atoms with Crippen LogP contribution in [0, 0.1) is 13.8 Å². The second-order valence-electron chi connectivity index (χ2n) is 6.62. The monoisotopic (exact) mass is 303 g/mol. The molecule has 0 unspecified atom stereocenters. The molecular weight excluding hydrogens is 278 g/mol. The molecule has 0 saturated carbocycles. The lowest BCUT2D eigenvalue weighted by molar-refractivity contribution is 0.585. The maximum absolute atomic E-state index is 6.70. The van der Waals surface area contributed by atoms with Gasteiger partial charge < -0.3 is 5.73 Å². The summed E-state index contributed by atoms with van der Waals surface area (Å²) in [7, 11) is 0. The van der Waals surface area contributed by atoms with Gasteiger partial charge in [0, 0.05) is 5.41 Å². The lowest BCUT2D eigenvalue weighted by atomic mass is 9.70. The van der Waals surface area contributed by atoms with Gasteiger partial charge in [0.05, 0.1) is 5.54 Å². The lowest BCUT2D eigenvalue weighted by Crippen LogP contribution is -2.37. The molecule has 1 aliphatic carbocycles. The molecule has 1 heteroatoms. The summed E-state index contributed by atoms with van der Waals surface area (Å²) in [5.74, 6) is 0. The predicted molar refractivity (Wildman–Crippen MR) is 98.5 cm³/mol. The van der Waals surface area contributed by atoms with Crippen molar-refractivity contribution < 1.29 is 0 Å². The van der Waals surface area contributed by atoms with Crippen LogP contribution in [0.2, 0.25) is 0 Å². The quantitative estimate of drug-likeness (QED) is 0.799. The highest BCUT2D eigenvalue weighted by atomic mass is 14.7. The maximum Gasteiger partial charge on any atom is 0.0785 e. The molecular formula is C22H25N. The molecule has 0 radical (unpaired) electrons. The average molecular weight is 303 g/mol. The zero-order valence-corrected chi connectivity index (χ0v) is 14.2. The van der Waals surface area contributed by atoms with Gasteiger partial charge in [-0.25, -0.2) is 0 Å². The molecule has 0 fully saturated rings. The maximum atomic E-state index is 6.70.